The van der Waals surface area contributed by atoms with Crippen LogP contribution >= 0.6 is 0 Å². The lowest BCUT2D eigenvalue weighted by Gasteiger charge is -2.20. The van der Waals surface area contributed by atoms with Crippen molar-refractivity contribution < 1.29 is 9.90 Å². The molecule has 32 heavy (non-hydrogen) atoms. The second-order valence-corrected chi connectivity index (χ2v) is 8.50. The third-order valence-corrected chi connectivity index (χ3v) is 6.19. The molecule has 1 heterocycles. The molecule has 0 spiro atoms. The summed E-state index contributed by atoms with van der Waals surface area (Å²) in [4.78, 5) is 29.7. The van der Waals surface area contributed by atoms with Gasteiger partial charge in [0.05, 0.1) is 22.6 Å². The maximum absolute atomic E-state index is 13.7. The maximum atomic E-state index is 13.7. The third-order valence-electron chi connectivity index (χ3n) is 6.19. The summed E-state index contributed by atoms with van der Waals surface area (Å²) in [6, 6.07) is 14.2. The van der Waals surface area contributed by atoms with Gasteiger partial charge in [-0.1, -0.05) is 74.6 Å². The number of amides is 1. The smallest absolute Gasteiger partial charge is 0.405 e. The Balaban J connectivity index is 1.81. The van der Waals surface area contributed by atoms with Crippen molar-refractivity contribution in [2.24, 2.45) is 5.92 Å². The summed E-state index contributed by atoms with van der Waals surface area (Å²) in [7, 11) is 0. The van der Waals surface area contributed by atoms with Gasteiger partial charge in [-0.15, -0.1) is 0 Å². The van der Waals surface area contributed by atoms with E-state index in [9.17, 15) is 14.7 Å². The van der Waals surface area contributed by atoms with Gasteiger partial charge in [-0.25, -0.2) is 9.78 Å². The van der Waals surface area contributed by atoms with E-state index in [0.717, 1.165) is 17.9 Å². The Bertz CT molecular complexity index is 1180. The number of nitrogens with zero attached hydrogens (tertiary/aromatic N) is 2. The van der Waals surface area contributed by atoms with E-state index in [4.69, 9.17) is 4.98 Å². The zero-order valence-electron chi connectivity index (χ0n) is 18.3. The first-order valence-corrected chi connectivity index (χ1v) is 11.3. The number of nitrogens with one attached hydrogen (secondary N) is 1. The molecule has 1 unspecified atom stereocenters. The summed E-state index contributed by atoms with van der Waals surface area (Å²) >= 11 is 0. The van der Waals surface area contributed by atoms with Crippen LogP contribution in [0.4, 0.5) is 4.79 Å². The van der Waals surface area contributed by atoms with Crippen LogP contribution in [0.3, 0.4) is 0 Å². The van der Waals surface area contributed by atoms with Crippen LogP contribution in [0.1, 0.15) is 62.9 Å². The first kappa shape index (κ1) is 21.8. The zero-order chi connectivity index (χ0) is 22.5. The van der Waals surface area contributed by atoms with Crippen LogP contribution in [0.25, 0.3) is 22.7 Å². The van der Waals surface area contributed by atoms with E-state index in [-0.39, 0.29) is 5.56 Å². The van der Waals surface area contributed by atoms with E-state index >= 15 is 0 Å². The Kier molecular flexibility index (Phi) is 6.69. The van der Waals surface area contributed by atoms with Crippen molar-refractivity contribution in [3.05, 3.63) is 76.3 Å². The molecule has 4 rings (SSSR count). The highest BCUT2D eigenvalue weighted by molar-refractivity contribution is 5.87. The second kappa shape index (κ2) is 9.81. The summed E-state index contributed by atoms with van der Waals surface area (Å²) in [5.74, 6) is 1.09. The average molecular weight is 432 g/mol. The molecule has 1 aromatic heterocycles. The number of para-hydroxylation sites is 1. The molecule has 6 heteroatoms. The molecule has 0 radical (unpaired) electrons. The molecule has 3 aromatic rings. The summed E-state index contributed by atoms with van der Waals surface area (Å²) in [5.41, 5.74) is 1.86. The molecule has 6 nitrogen and oxygen atoms in total. The molecule has 1 atom stereocenters. The van der Waals surface area contributed by atoms with Gasteiger partial charge < -0.3 is 10.4 Å². The van der Waals surface area contributed by atoms with Gasteiger partial charge in [-0.3, -0.25) is 9.36 Å². The fourth-order valence-electron chi connectivity index (χ4n) is 4.59. The SMILES string of the molecule is CC(NC(=O)O)c1nc2cccc(C=CCC3CCCCC3)c2c(=O)n1-c1ccccc1. The Labute approximate surface area is 187 Å². The number of carbonyl (C=O) groups is 1. The Morgan fingerprint density at radius 3 is 2.62 bits per heavy atom. The van der Waals surface area contributed by atoms with Gasteiger partial charge in [0.25, 0.3) is 5.56 Å². The molecule has 1 amide bonds. The van der Waals surface area contributed by atoms with Crippen molar-refractivity contribution in [1.82, 2.24) is 14.9 Å². The topological polar surface area (TPSA) is 84.2 Å². The van der Waals surface area contributed by atoms with Crippen molar-refractivity contribution in [3.8, 4) is 5.69 Å². The lowest BCUT2D eigenvalue weighted by atomic mass is 9.87. The minimum atomic E-state index is -1.16. The normalized spacial score (nSPS) is 15.8. The number of benzene rings is 2. The monoisotopic (exact) mass is 431 g/mol. The number of allylic oxidation sites excluding steroid dienone is 1. The predicted octanol–water partition coefficient (Wildman–Crippen LogP) is 5.70. The molecule has 2 aromatic carbocycles. The van der Waals surface area contributed by atoms with Gasteiger partial charge in [0, 0.05) is 0 Å². The third kappa shape index (κ3) is 4.74. The van der Waals surface area contributed by atoms with Crippen molar-refractivity contribution in [1.29, 1.82) is 0 Å². The maximum Gasteiger partial charge on any atom is 0.405 e. The van der Waals surface area contributed by atoms with E-state index < -0.39 is 12.1 Å². The van der Waals surface area contributed by atoms with Gasteiger partial charge in [0.2, 0.25) is 0 Å². The van der Waals surface area contributed by atoms with Crippen LogP contribution in [-0.4, -0.2) is 20.8 Å². The van der Waals surface area contributed by atoms with Crippen molar-refractivity contribution in [3.63, 3.8) is 0 Å². The number of hydrogen-bond acceptors (Lipinski definition) is 3. The number of fused-ring (bicyclic) bond motifs is 1. The number of rotatable bonds is 6. The fourth-order valence-corrected chi connectivity index (χ4v) is 4.59. The molecule has 1 saturated carbocycles. The molecule has 0 bridgehead atoms. The predicted molar refractivity (Wildman–Crippen MR) is 127 cm³/mol. The lowest BCUT2D eigenvalue weighted by Crippen LogP contribution is -2.32. The quantitative estimate of drug-likeness (QED) is 0.524. The van der Waals surface area contributed by atoms with Gasteiger partial charge in [-0.2, -0.15) is 0 Å². The van der Waals surface area contributed by atoms with Crippen LogP contribution in [-0.2, 0) is 0 Å². The molecule has 166 valence electrons. The van der Waals surface area contributed by atoms with E-state index in [2.05, 4.69) is 11.4 Å². The van der Waals surface area contributed by atoms with Gasteiger partial charge >= 0.3 is 6.09 Å². The zero-order valence-corrected chi connectivity index (χ0v) is 18.3. The molecule has 1 aliphatic carbocycles. The van der Waals surface area contributed by atoms with Gasteiger partial charge in [0.15, 0.2) is 0 Å². The number of hydrogen-bond donors (Lipinski definition) is 2. The minimum Gasteiger partial charge on any atom is -0.465 e. The first-order chi connectivity index (χ1) is 15.5. The van der Waals surface area contributed by atoms with Crippen LogP contribution in [0.5, 0.6) is 0 Å². The fraction of sp³-hybridized carbons (Fsp3) is 0.346. The number of aromatic nitrogens is 2. The van der Waals surface area contributed by atoms with Gasteiger partial charge in [0.1, 0.15) is 5.82 Å². The molecule has 0 saturated heterocycles. The molecular weight excluding hydrogens is 402 g/mol. The highest BCUT2D eigenvalue weighted by atomic mass is 16.4. The number of carboxylic acid groups (broad SMARTS) is 1. The summed E-state index contributed by atoms with van der Waals surface area (Å²) in [6.07, 6.45) is 10.6. The Hall–Kier alpha value is -3.41. The molecule has 0 aliphatic heterocycles. The van der Waals surface area contributed by atoms with Crippen LogP contribution in [0.15, 0.2) is 59.4 Å². The summed E-state index contributed by atoms with van der Waals surface area (Å²) in [6.45, 7) is 1.69. The van der Waals surface area contributed by atoms with E-state index in [1.165, 1.54) is 36.7 Å². The average Bonchev–Trinajstić information content (AvgIpc) is 2.79. The molecule has 2 N–H and O–H groups in total. The lowest BCUT2D eigenvalue weighted by molar-refractivity contribution is 0.190. The van der Waals surface area contributed by atoms with Crippen LogP contribution < -0.4 is 10.9 Å². The molecule has 1 aliphatic rings. The largest absolute Gasteiger partial charge is 0.465 e. The van der Waals surface area contributed by atoms with Crippen molar-refractivity contribution >= 4 is 23.1 Å². The van der Waals surface area contributed by atoms with E-state index in [1.54, 1.807) is 6.92 Å². The van der Waals surface area contributed by atoms with Crippen molar-refractivity contribution in [2.45, 2.75) is 51.5 Å². The summed E-state index contributed by atoms with van der Waals surface area (Å²) in [5, 5.41) is 12.2. The summed E-state index contributed by atoms with van der Waals surface area (Å²) < 4.78 is 1.52. The molecule has 1 fully saturated rings. The van der Waals surface area contributed by atoms with E-state index in [0.29, 0.717) is 22.4 Å². The minimum absolute atomic E-state index is 0.201. The second-order valence-electron chi connectivity index (χ2n) is 8.50. The highest BCUT2D eigenvalue weighted by Crippen LogP contribution is 2.27. The Morgan fingerprint density at radius 2 is 1.91 bits per heavy atom. The van der Waals surface area contributed by atoms with Crippen LogP contribution in [0.2, 0.25) is 0 Å². The van der Waals surface area contributed by atoms with Gasteiger partial charge in [-0.05, 0) is 43.0 Å². The first-order valence-electron chi connectivity index (χ1n) is 11.3. The standard InChI is InChI=1S/C26H29N3O3/c1-18(27-26(31)32)24-28-22-17-9-14-20(13-8-12-19-10-4-2-5-11-19)23(22)25(30)29(24)21-15-6-3-7-16-21/h3,6-9,13-19,27H,2,4-5,10-12H2,1H3,(H,31,32). The van der Waals surface area contributed by atoms with Crippen LogP contribution in [0, 0.1) is 5.92 Å². The van der Waals surface area contributed by atoms with E-state index in [1.807, 2.05) is 54.6 Å². The highest BCUT2D eigenvalue weighted by Gasteiger charge is 2.20. The molecular formula is C26H29N3O3. The van der Waals surface area contributed by atoms with Crippen molar-refractivity contribution in [2.75, 3.05) is 0 Å². The Morgan fingerprint density at radius 1 is 1.16 bits per heavy atom.